The molecule has 2 aromatic carbocycles. The van der Waals surface area contributed by atoms with E-state index < -0.39 is 6.29 Å². The van der Waals surface area contributed by atoms with Crippen LogP contribution < -0.4 is 10.6 Å². The summed E-state index contributed by atoms with van der Waals surface area (Å²) < 4.78 is 27.2. The number of aromatic nitrogens is 3. The van der Waals surface area contributed by atoms with Crippen LogP contribution in [0.2, 0.25) is 0 Å². The standard InChI is InChI=1S/C18H17FN4O2S/c1-11-21-22-18(23(11)20)26-10-14-8-15(19)7-13-9-24-17(25-16(13)14)12-5-3-2-4-6-12/h2-8,17H,9-10,20H2,1H3/t17-/m1/s1. The first-order valence-corrected chi connectivity index (χ1v) is 9.05. The zero-order valence-electron chi connectivity index (χ0n) is 14.1. The molecule has 0 amide bonds. The molecule has 4 rings (SSSR count). The van der Waals surface area contributed by atoms with Crippen molar-refractivity contribution in [2.45, 2.75) is 30.7 Å². The second kappa shape index (κ2) is 6.97. The summed E-state index contributed by atoms with van der Waals surface area (Å²) in [6.45, 7) is 2.06. The third kappa shape index (κ3) is 3.25. The van der Waals surface area contributed by atoms with Crippen molar-refractivity contribution in [3.05, 3.63) is 70.8 Å². The van der Waals surface area contributed by atoms with Gasteiger partial charge in [-0.05, 0) is 19.1 Å². The molecule has 2 heterocycles. The van der Waals surface area contributed by atoms with Crippen LogP contribution in [-0.4, -0.2) is 14.9 Å². The van der Waals surface area contributed by atoms with Gasteiger partial charge < -0.3 is 15.3 Å². The maximum atomic E-state index is 14.0. The molecule has 0 saturated carbocycles. The highest BCUT2D eigenvalue weighted by molar-refractivity contribution is 7.98. The van der Waals surface area contributed by atoms with Crippen LogP contribution in [0.25, 0.3) is 0 Å². The van der Waals surface area contributed by atoms with Gasteiger partial charge in [0, 0.05) is 22.4 Å². The van der Waals surface area contributed by atoms with Crippen molar-refractivity contribution >= 4 is 11.8 Å². The predicted molar refractivity (Wildman–Crippen MR) is 95.5 cm³/mol. The second-order valence-corrected chi connectivity index (χ2v) is 6.86. The Hall–Kier alpha value is -2.58. The zero-order valence-corrected chi connectivity index (χ0v) is 14.9. The number of hydrogen-bond donors (Lipinski definition) is 1. The molecule has 134 valence electrons. The Morgan fingerprint density at radius 2 is 2.08 bits per heavy atom. The van der Waals surface area contributed by atoms with E-state index in [4.69, 9.17) is 15.3 Å². The summed E-state index contributed by atoms with van der Waals surface area (Å²) in [4.78, 5) is 0. The molecule has 1 aromatic heterocycles. The van der Waals surface area contributed by atoms with Gasteiger partial charge in [0.15, 0.2) is 0 Å². The van der Waals surface area contributed by atoms with E-state index >= 15 is 0 Å². The van der Waals surface area contributed by atoms with Gasteiger partial charge in [-0.2, -0.15) is 0 Å². The molecule has 0 aliphatic carbocycles. The topological polar surface area (TPSA) is 75.2 Å². The molecule has 26 heavy (non-hydrogen) atoms. The van der Waals surface area contributed by atoms with Crippen molar-refractivity contribution < 1.29 is 13.9 Å². The van der Waals surface area contributed by atoms with Crippen LogP contribution in [0.15, 0.2) is 47.6 Å². The smallest absolute Gasteiger partial charge is 0.227 e. The van der Waals surface area contributed by atoms with Crippen LogP contribution in [-0.2, 0) is 17.1 Å². The predicted octanol–water partition coefficient (Wildman–Crippen LogP) is 3.34. The number of nitrogens with two attached hydrogens (primary N) is 1. The number of ether oxygens (including phenoxy) is 2. The summed E-state index contributed by atoms with van der Waals surface area (Å²) in [6, 6.07) is 12.6. The molecular formula is C18H17FN4O2S. The fourth-order valence-electron chi connectivity index (χ4n) is 2.75. The number of fused-ring (bicyclic) bond motifs is 1. The van der Waals surface area contributed by atoms with Crippen molar-refractivity contribution in [2.24, 2.45) is 0 Å². The number of nitrogens with zero attached hydrogens (tertiary/aromatic N) is 3. The van der Waals surface area contributed by atoms with E-state index in [0.717, 1.165) is 11.1 Å². The monoisotopic (exact) mass is 372 g/mol. The molecule has 1 atom stereocenters. The van der Waals surface area contributed by atoms with Crippen molar-refractivity contribution in [3.8, 4) is 5.75 Å². The first kappa shape index (κ1) is 16.9. The molecule has 0 unspecified atom stereocenters. The Balaban J connectivity index is 1.60. The van der Waals surface area contributed by atoms with Gasteiger partial charge in [-0.1, -0.05) is 42.1 Å². The highest BCUT2D eigenvalue weighted by Gasteiger charge is 2.25. The Kier molecular flexibility index (Phi) is 4.52. The molecule has 0 radical (unpaired) electrons. The molecular weight excluding hydrogens is 355 g/mol. The molecule has 1 aliphatic heterocycles. The minimum Gasteiger partial charge on any atom is -0.460 e. The number of aryl methyl sites for hydroxylation is 1. The zero-order chi connectivity index (χ0) is 18.1. The van der Waals surface area contributed by atoms with E-state index in [1.54, 1.807) is 6.92 Å². The highest BCUT2D eigenvalue weighted by atomic mass is 32.2. The van der Waals surface area contributed by atoms with Crippen molar-refractivity contribution in [3.63, 3.8) is 0 Å². The number of thioether (sulfide) groups is 1. The molecule has 0 fully saturated rings. The summed E-state index contributed by atoms with van der Waals surface area (Å²) in [5, 5.41) is 8.51. The lowest BCUT2D eigenvalue weighted by Crippen LogP contribution is -2.19. The van der Waals surface area contributed by atoms with Crippen molar-refractivity contribution in [1.29, 1.82) is 0 Å². The summed E-state index contributed by atoms with van der Waals surface area (Å²) in [5.74, 6) is 7.27. The molecule has 0 spiro atoms. The quantitative estimate of drug-likeness (QED) is 0.559. The maximum Gasteiger partial charge on any atom is 0.227 e. The number of hydrogen-bond acceptors (Lipinski definition) is 6. The Morgan fingerprint density at radius 1 is 1.27 bits per heavy atom. The first-order chi connectivity index (χ1) is 12.6. The van der Waals surface area contributed by atoms with Crippen LogP contribution >= 0.6 is 11.8 Å². The van der Waals surface area contributed by atoms with Crippen LogP contribution in [0.5, 0.6) is 5.75 Å². The Bertz CT molecular complexity index is 932. The Labute approximate surface area is 154 Å². The molecule has 2 N–H and O–H groups in total. The number of rotatable bonds is 4. The average molecular weight is 372 g/mol. The van der Waals surface area contributed by atoms with E-state index in [1.165, 1.54) is 28.6 Å². The van der Waals surface area contributed by atoms with Gasteiger partial charge in [-0.25, -0.2) is 9.07 Å². The van der Waals surface area contributed by atoms with Gasteiger partial charge in [0.2, 0.25) is 11.4 Å². The van der Waals surface area contributed by atoms with Gasteiger partial charge >= 0.3 is 0 Å². The summed E-state index contributed by atoms with van der Waals surface area (Å²) in [7, 11) is 0. The molecule has 0 bridgehead atoms. The second-order valence-electron chi connectivity index (χ2n) is 5.91. The molecule has 1 aliphatic rings. The van der Waals surface area contributed by atoms with Crippen LogP contribution in [0.1, 0.15) is 28.8 Å². The number of benzene rings is 2. The SMILES string of the molecule is Cc1nnc(SCc2cc(F)cc3c2O[C@H](c2ccccc2)OC3)n1N. The van der Waals surface area contributed by atoms with Gasteiger partial charge in [0.05, 0.1) is 6.61 Å². The number of nitrogen functional groups attached to an aromatic ring is 1. The van der Waals surface area contributed by atoms with Gasteiger partial charge in [0.1, 0.15) is 17.4 Å². The first-order valence-electron chi connectivity index (χ1n) is 8.06. The summed E-state index contributed by atoms with van der Waals surface area (Å²) >= 11 is 1.38. The molecule has 3 aromatic rings. The van der Waals surface area contributed by atoms with Crippen LogP contribution in [0.4, 0.5) is 4.39 Å². The third-order valence-electron chi connectivity index (χ3n) is 4.09. The van der Waals surface area contributed by atoms with E-state index in [2.05, 4.69) is 10.2 Å². The number of halogens is 1. The lowest BCUT2D eigenvalue weighted by atomic mass is 10.1. The minimum absolute atomic E-state index is 0.288. The van der Waals surface area contributed by atoms with Crippen molar-refractivity contribution in [1.82, 2.24) is 14.9 Å². The third-order valence-corrected chi connectivity index (χ3v) is 5.08. The van der Waals surface area contributed by atoms with Crippen LogP contribution in [0.3, 0.4) is 0 Å². The molecule has 0 saturated heterocycles. The maximum absolute atomic E-state index is 14.0. The normalized spacial score (nSPS) is 16.2. The summed E-state index contributed by atoms with van der Waals surface area (Å²) in [5.41, 5.74) is 2.34. The fraction of sp³-hybridized carbons (Fsp3) is 0.222. The summed E-state index contributed by atoms with van der Waals surface area (Å²) in [6.07, 6.45) is -0.515. The minimum atomic E-state index is -0.515. The molecule has 6 nitrogen and oxygen atoms in total. The van der Waals surface area contributed by atoms with Gasteiger partial charge in [0.25, 0.3) is 0 Å². The lowest BCUT2D eigenvalue weighted by Gasteiger charge is -2.28. The van der Waals surface area contributed by atoms with Gasteiger partial charge in [-0.3, -0.25) is 0 Å². The average Bonchev–Trinajstić information content (AvgIpc) is 2.98. The van der Waals surface area contributed by atoms with E-state index in [-0.39, 0.29) is 12.4 Å². The largest absolute Gasteiger partial charge is 0.460 e. The van der Waals surface area contributed by atoms with Gasteiger partial charge in [-0.15, -0.1) is 10.2 Å². The fourth-order valence-corrected chi connectivity index (χ4v) is 3.62. The van der Waals surface area contributed by atoms with E-state index in [9.17, 15) is 4.39 Å². The van der Waals surface area contributed by atoms with Crippen LogP contribution in [0, 0.1) is 12.7 Å². The lowest BCUT2D eigenvalue weighted by molar-refractivity contribution is -0.112. The van der Waals surface area contributed by atoms with Crippen molar-refractivity contribution in [2.75, 3.05) is 5.84 Å². The molecule has 8 heteroatoms. The van der Waals surface area contributed by atoms with E-state index in [0.29, 0.717) is 28.0 Å². The van der Waals surface area contributed by atoms with E-state index in [1.807, 2.05) is 30.3 Å². The highest BCUT2D eigenvalue weighted by Crippen LogP contribution is 2.38. The Morgan fingerprint density at radius 3 is 2.81 bits per heavy atom.